The summed E-state index contributed by atoms with van der Waals surface area (Å²) in [4.78, 5) is 24.3. The molecule has 1 aliphatic rings. The molecule has 0 unspecified atom stereocenters. The Morgan fingerprint density at radius 2 is 2.29 bits per heavy atom. The number of ether oxygens (including phenoxy) is 2. The Morgan fingerprint density at radius 3 is 2.89 bits per heavy atom. The predicted octanol–water partition coefficient (Wildman–Crippen LogP) is 2.56. The van der Waals surface area contributed by atoms with Crippen LogP contribution in [0.5, 0.6) is 0 Å². The third kappa shape index (κ3) is 3.89. The summed E-state index contributed by atoms with van der Waals surface area (Å²) < 4.78 is 26.7. The fourth-order valence-electron chi connectivity index (χ4n) is 2.83. The Balaban J connectivity index is 1.97. The molecule has 0 aliphatic carbocycles. The molecule has 1 aliphatic heterocycles. The first-order valence-corrected chi connectivity index (χ1v) is 9.83. The van der Waals surface area contributed by atoms with Crippen LogP contribution >= 0.6 is 22.6 Å². The summed E-state index contributed by atoms with van der Waals surface area (Å²) in [6, 6.07) is 0. The summed E-state index contributed by atoms with van der Waals surface area (Å²) in [5.74, 6) is 0.219. The molecule has 3 rings (SSSR count). The molecule has 9 nitrogen and oxygen atoms in total. The fraction of sp³-hybridized carbons (Fsp3) is 0.529. The van der Waals surface area contributed by atoms with Gasteiger partial charge in [0.25, 0.3) is 0 Å². The van der Waals surface area contributed by atoms with Gasteiger partial charge in [-0.05, 0) is 20.8 Å². The lowest BCUT2D eigenvalue weighted by atomic mass is 9.98. The van der Waals surface area contributed by atoms with Crippen LogP contribution in [0.15, 0.2) is 12.7 Å². The van der Waals surface area contributed by atoms with Gasteiger partial charge in [0, 0.05) is 0 Å². The van der Waals surface area contributed by atoms with E-state index in [0.29, 0.717) is 0 Å². The van der Waals surface area contributed by atoms with Crippen molar-refractivity contribution in [3.63, 3.8) is 0 Å². The molecule has 0 spiro atoms. The van der Waals surface area contributed by atoms with Crippen molar-refractivity contribution in [1.29, 1.82) is 0 Å². The van der Waals surface area contributed by atoms with Crippen LogP contribution in [0, 0.1) is 12.3 Å². The third-order valence-electron chi connectivity index (χ3n) is 3.95. The van der Waals surface area contributed by atoms with Crippen molar-refractivity contribution in [3.05, 3.63) is 12.7 Å². The molecule has 3 heterocycles. The maximum atomic E-state index is 14.7. The maximum Gasteiger partial charge on any atom is 0.413 e. The molecule has 1 saturated heterocycles. The van der Waals surface area contributed by atoms with Crippen LogP contribution in [0.1, 0.15) is 33.4 Å². The second kappa shape index (κ2) is 7.09. The number of aliphatic hydroxyl groups is 1. The molecule has 11 heteroatoms. The van der Waals surface area contributed by atoms with E-state index >= 15 is 0 Å². The minimum atomic E-state index is -2.09. The van der Waals surface area contributed by atoms with Crippen molar-refractivity contribution in [2.75, 3.05) is 9.74 Å². The van der Waals surface area contributed by atoms with Gasteiger partial charge in [0.1, 0.15) is 11.9 Å². The number of imidazole rings is 1. The number of alkyl halides is 2. The van der Waals surface area contributed by atoms with Crippen LogP contribution < -0.4 is 5.32 Å². The lowest BCUT2D eigenvalue weighted by Crippen LogP contribution is -2.34. The second-order valence-corrected chi connectivity index (χ2v) is 8.17. The van der Waals surface area contributed by atoms with Crippen molar-refractivity contribution in [3.8, 4) is 12.3 Å². The molecule has 1 amide bonds. The first kappa shape index (κ1) is 20.7. The smallest absolute Gasteiger partial charge is 0.413 e. The summed E-state index contributed by atoms with van der Waals surface area (Å²) in [5, 5.41) is 13.2. The number of rotatable bonds is 3. The minimum Gasteiger partial charge on any atom is -0.444 e. The number of carbonyl (C=O) groups excluding carboxylic acids is 1. The van der Waals surface area contributed by atoms with Gasteiger partial charge in [-0.25, -0.2) is 24.1 Å². The van der Waals surface area contributed by atoms with Crippen molar-refractivity contribution in [1.82, 2.24) is 19.5 Å². The van der Waals surface area contributed by atoms with E-state index in [1.54, 1.807) is 20.8 Å². The highest BCUT2D eigenvalue weighted by atomic mass is 127. The van der Waals surface area contributed by atoms with Gasteiger partial charge in [0.2, 0.25) is 5.85 Å². The molecule has 0 aromatic carbocycles. The van der Waals surface area contributed by atoms with Crippen LogP contribution in [-0.2, 0) is 9.47 Å². The van der Waals surface area contributed by atoms with Gasteiger partial charge in [-0.3, -0.25) is 9.88 Å². The number of hydrogen-bond acceptors (Lipinski definition) is 7. The number of terminal acetylenes is 1. The Kier molecular flexibility index (Phi) is 5.24. The molecule has 2 aromatic heterocycles. The number of nitrogens with one attached hydrogen (secondary N) is 1. The summed E-state index contributed by atoms with van der Waals surface area (Å²) in [7, 11) is 0. The van der Waals surface area contributed by atoms with E-state index in [-0.39, 0.29) is 21.4 Å². The minimum absolute atomic E-state index is 0.0156. The van der Waals surface area contributed by atoms with Gasteiger partial charge in [-0.15, -0.1) is 6.42 Å². The number of carbonyl (C=O) groups is 1. The summed E-state index contributed by atoms with van der Waals surface area (Å²) >= 11 is 1.82. The SMILES string of the molecule is C#C[C@@]1(O)C[C@@](F)(CI)O[C@H]1n1cnc2c(NC(=O)OC(C)(C)C)ncnc21. The Hall–Kier alpha value is -2.04. The molecule has 2 aromatic rings. The van der Waals surface area contributed by atoms with E-state index in [4.69, 9.17) is 15.9 Å². The number of aromatic nitrogens is 4. The Morgan fingerprint density at radius 1 is 1.57 bits per heavy atom. The fourth-order valence-corrected chi connectivity index (χ4v) is 3.28. The largest absolute Gasteiger partial charge is 0.444 e. The maximum absolute atomic E-state index is 14.7. The van der Waals surface area contributed by atoms with Crippen molar-refractivity contribution in [2.45, 2.75) is 50.5 Å². The van der Waals surface area contributed by atoms with Gasteiger partial charge in [-0.1, -0.05) is 28.5 Å². The van der Waals surface area contributed by atoms with E-state index in [1.807, 2.05) is 22.6 Å². The number of amides is 1. The van der Waals surface area contributed by atoms with Crippen molar-refractivity contribution < 1.29 is 23.8 Å². The highest BCUT2D eigenvalue weighted by Crippen LogP contribution is 2.46. The highest BCUT2D eigenvalue weighted by Gasteiger charge is 2.56. The topological polar surface area (TPSA) is 111 Å². The van der Waals surface area contributed by atoms with E-state index in [2.05, 4.69) is 26.2 Å². The lowest BCUT2D eigenvalue weighted by molar-refractivity contribution is -0.147. The van der Waals surface area contributed by atoms with E-state index < -0.39 is 35.8 Å². The van der Waals surface area contributed by atoms with Gasteiger partial charge in [0.05, 0.1) is 17.2 Å². The zero-order valence-corrected chi connectivity index (χ0v) is 17.6. The molecule has 2 N–H and O–H groups in total. The second-order valence-electron chi connectivity index (χ2n) is 7.41. The molecular weight excluding hydrogens is 484 g/mol. The molecule has 28 heavy (non-hydrogen) atoms. The number of hydrogen-bond donors (Lipinski definition) is 2. The third-order valence-corrected chi connectivity index (χ3v) is 5.08. The van der Waals surface area contributed by atoms with Gasteiger partial charge in [-0.2, -0.15) is 0 Å². The van der Waals surface area contributed by atoms with Crippen molar-refractivity contribution in [2.24, 2.45) is 0 Å². The molecule has 0 saturated carbocycles. The van der Waals surface area contributed by atoms with E-state index in [1.165, 1.54) is 17.2 Å². The van der Waals surface area contributed by atoms with Gasteiger partial charge in [0.15, 0.2) is 28.8 Å². The zero-order chi connectivity index (χ0) is 20.7. The van der Waals surface area contributed by atoms with Crippen LogP contribution in [-0.4, -0.2) is 52.2 Å². The lowest BCUT2D eigenvalue weighted by Gasteiger charge is -2.23. The van der Waals surface area contributed by atoms with Crippen LogP contribution in [0.25, 0.3) is 11.2 Å². The highest BCUT2D eigenvalue weighted by molar-refractivity contribution is 14.1. The number of halogens is 2. The first-order valence-electron chi connectivity index (χ1n) is 8.31. The van der Waals surface area contributed by atoms with E-state index in [0.717, 1.165) is 0 Å². The van der Waals surface area contributed by atoms with Crippen LogP contribution in [0.2, 0.25) is 0 Å². The molecular formula is C17H19FIN5O4. The molecule has 0 bridgehead atoms. The molecule has 150 valence electrons. The Bertz CT molecular complexity index is 955. The number of nitrogens with zero attached hydrogens (tertiary/aromatic N) is 4. The van der Waals surface area contributed by atoms with Crippen LogP contribution in [0.3, 0.4) is 0 Å². The predicted molar refractivity (Wildman–Crippen MR) is 106 cm³/mol. The number of anilines is 1. The van der Waals surface area contributed by atoms with Crippen molar-refractivity contribution >= 4 is 45.7 Å². The standard InChI is InChI=1S/C17H19FIN5O4/c1-5-16(26)6-17(18,7-19)27-13(16)24-9-22-10-11(20-8-21-12(10)24)23-14(25)28-15(2,3)4/h1,8-9,13,26H,6-7H2,2-4H3,(H,20,21,23,25)/t13-,16-,17+/m1/s1. The van der Waals surface area contributed by atoms with E-state index in [9.17, 15) is 14.3 Å². The molecule has 3 atom stereocenters. The quantitative estimate of drug-likeness (QED) is 0.376. The summed E-state index contributed by atoms with van der Waals surface area (Å²) in [5.41, 5.74) is -2.17. The average Bonchev–Trinajstić information content (AvgIpc) is 3.13. The van der Waals surface area contributed by atoms with Gasteiger partial charge >= 0.3 is 6.09 Å². The zero-order valence-electron chi connectivity index (χ0n) is 15.4. The monoisotopic (exact) mass is 503 g/mol. The average molecular weight is 503 g/mol. The van der Waals surface area contributed by atoms with Gasteiger partial charge < -0.3 is 14.6 Å². The summed E-state index contributed by atoms with van der Waals surface area (Å²) in [6.07, 6.45) is 5.59. The molecule has 1 fully saturated rings. The van der Waals surface area contributed by atoms with Crippen LogP contribution in [0.4, 0.5) is 15.0 Å². The number of fused-ring (bicyclic) bond motifs is 1. The normalized spacial score (nSPS) is 27.5. The first-order chi connectivity index (χ1) is 13.0. The molecule has 0 radical (unpaired) electrons. The summed E-state index contributed by atoms with van der Waals surface area (Å²) in [6.45, 7) is 5.18. The Labute approximate surface area is 174 Å².